The molecule has 20 heavy (non-hydrogen) atoms. The average molecular weight is 277 g/mol. The summed E-state index contributed by atoms with van der Waals surface area (Å²) in [4.78, 5) is 15.9. The molecule has 0 spiro atoms. The fourth-order valence-electron chi connectivity index (χ4n) is 3.29. The van der Waals surface area contributed by atoms with Crippen molar-refractivity contribution in [1.82, 2.24) is 4.98 Å². The highest BCUT2D eigenvalue weighted by Gasteiger charge is 2.20. The van der Waals surface area contributed by atoms with Crippen molar-refractivity contribution in [2.75, 3.05) is 0 Å². The van der Waals surface area contributed by atoms with Crippen molar-refractivity contribution in [2.24, 2.45) is 11.8 Å². The standard InChI is InChI=1S/C17H24FNO/c1-3-14-11-19-17(18)10-15(14)16(20)8-7-13-6-4-5-12(2)9-13/h10-13H,3-9H2,1-2H3. The Balaban J connectivity index is 1.96. The highest BCUT2D eigenvalue weighted by molar-refractivity contribution is 5.97. The Labute approximate surface area is 120 Å². The molecule has 0 radical (unpaired) electrons. The number of hydrogen-bond donors (Lipinski definition) is 0. The van der Waals surface area contributed by atoms with Gasteiger partial charge < -0.3 is 0 Å². The lowest BCUT2D eigenvalue weighted by atomic mass is 9.79. The molecule has 2 unspecified atom stereocenters. The van der Waals surface area contributed by atoms with Crippen LogP contribution >= 0.6 is 0 Å². The largest absolute Gasteiger partial charge is 0.294 e. The topological polar surface area (TPSA) is 30.0 Å². The maximum Gasteiger partial charge on any atom is 0.213 e. The lowest BCUT2D eigenvalue weighted by Crippen LogP contribution is -2.15. The quantitative estimate of drug-likeness (QED) is 0.583. The summed E-state index contributed by atoms with van der Waals surface area (Å²) in [5.41, 5.74) is 1.39. The van der Waals surface area contributed by atoms with Crippen molar-refractivity contribution in [3.63, 3.8) is 0 Å². The monoisotopic (exact) mass is 277 g/mol. The van der Waals surface area contributed by atoms with Gasteiger partial charge in [0.15, 0.2) is 5.78 Å². The number of ketones is 1. The van der Waals surface area contributed by atoms with E-state index >= 15 is 0 Å². The molecule has 0 aliphatic heterocycles. The zero-order chi connectivity index (χ0) is 14.5. The molecule has 0 aromatic carbocycles. The Morgan fingerprint density at radius 2 is 2.25 bits per heavy atom. The molecule has 1 heterocycles. The molecular weight excluding hydrogens is 253 g/mol. The first-order chi connectivity index (χ1) is 9.60. The van der Waals surface area contributed by atoms with Gasteiger partial charge in [-0.2, -0.15) is 4.39 Å². The van der Waals surface area contributed by atoms with Crippen molar-refractivity contribution in [1.29, 1.82) is 0 Å². The number of carbonyl (C=O) groups is 1. The molecule has 2 rings (SSSR count). The molecule has 1 saturated carbocycles. The number of halogens is 1. The van der Waals surface area contributed by atoms with Crippen molar-refractivity contribution < 1.29 is 9.18 Å². The van der Waals surface area contributed by atoms with Gasteiger partial charge >= 0.3 is 0 Å². The minimum atomic E-state index is -0.558. The Bertz CT molecular complexity index is 472. The highest BCUT2D eigenvalue weighted by atomic mass is 19.1. The zero-order valence-electron chi connectivity index (χ0n) is 12.5. The summed E-state index contributed by atoms with van der Waals surface area (Å²) in [5.74, 6) is 0.964. The third-order valence-electron chi connectivity index (χ3n) is 4.46. The van der Waals surface area contributed by atoms with E-state index < -0.39 is 5.95 Å². The van der Waals surface area contributed by atoms with Crippen molar-refractivity contribution in [2.45, 2.75) is 58.8 Å². The average Bonchev–Trinajstić information content (AvgIpc) is 2.45. The van der Waals surface area contributed by atoms with Gasteiger partial charge in [0, 0.05) is 24.2 Å². The third kappa shape index (κ3) is 3.87. The van der Waals surface area contributed by atoms with E-state index in [1.54, 1.807) is 0 Å². The summed E-state index contributed by atoms with van der Waals surface area (Å²) in [6, 6.07) is 1.30. The second-order valence-corrected chi connectivity index (χ2v) is 6.12. The van der Waals surface area contributed by atoms with E-state index in [1.165, 1.54) is 37.9 Å². The molecular formula is C17H24FNO. The number of aromatic nitrogens is 1. The third-order valence-corrected chi connectivity index (χ3v) is 4.46. The molecule has 2 nitrogen and oxygen atoms in total. The number of carbonyl (C=O) groups excluding carboxylic acids is 1. The first-order valence-corrected chi connectivity index (χ1v) is 7.77. The van der Waals surface area contributed by atoms with E-state index in [1.807, 2.05) is 6.92 Å². The molecule has 3 heteroatoms. The fraction of sp³-hybridized carbons (Fsp3) is 0.647. The Hall–Kier alpha value is -1.25. The van der Waals surface area contributed by atoms with Crippen LogP contribution in [0.1, 0.15) is 68.3 Å². The molecule has 110 valence electrons. The molecule has 1 aromatic rings. The van der Waals surface area contributed by atoms with Crippen LogP contribution in [-0.2, 0) is 6.42 Å². The molecule has 1 fully saturated rings. The lowest BCUT2D eigenvalue weighted by molar-refractivity contribution is 0.0965. The summed E-state index contributed by atoms with van der Waals surface area (Å²) >= 11 is 0. The minimum absolute atomic E-state index is 0.0707. The van der Waals surface area contributed by atoms with Gasteiger partial charge in [-0.3, -0.25) is 4.79 Å². The van der Waals surface area contributed by atoms with Crippen LogP contribution in [0.5, 0.6) is 0 Å². The van der Waals surface area contributed by atoms with Gasteiger partial charge in [0.05, 0.1) is 0 Å². The second kappa shape index (κ2) is 6.96. The fourth-order valence-corrected chi connectivity index (χ4v) is 3.29. The van der Waals surface area contributed by atoms with E-state index in [0.717, 1.165) is 24.3 Å². The maximum atomic E-state index is 13.2. The summed E-state index contributed by atoms with van der Waals surface area (Å²) in [6.07, 6.45) is 8.76. The lowest BCUT2D eigenvalue weighted by Gasteiger charge is -2.26. The van der Waals surface area contributed by atoms with Gasteiger partial charge in [0.1, 0.15) is 0 Å². The molecule has 0 bridgehead atoms. The second-order valence-electron chi connectivity index (χ2n) is 6.12. The summed E-state index contributed by atoms with van der Waals surface area (Å²) in [7, 11) is 0. The summed E-state index contributed by atoms with van der Waals surface area (Å²) in [6.45, 7) is 4.26. The number of nitrogens with zero attached hydrogens (tertiary/aromatic N) is 1. The first-order valence-electron chi connectivity index (χ1n) is 7.77. The van der Waals surface area contributed by atoms with Crippen molar-refractivity contribution >= 4 is 5.78 Å². The molecule has 0 saturated heterocycles. The minimum Gasteiger partial charge on any atom is -0.294 e. The molecule has 1 aromatic heterocycles. The predicted octanol–water partition coefficient (Wildman–Crippen LogP) is 4.57. The van der Waals surface area contributed by atoms with E-state index in [0.29, 0.717) is 17.9 Å². The van der Waals surface area contributed by atoms with Gasteiger partial charge in [-0.15, -0.1) is 0 Å². The predicted molar refractivity (Wildman–Crippen MR) is 78.3 cm³/mol. The van der Waals surface area contributed by atoms with Crippen LogP contribution in [0.25, 0.3) is 0 Å². The first kappa shape index (κ1) is 15.1. The Morgan fingerprint density at radius 3 is 2.95 bits per heavy atom. The number of Topliss-reactive ketones (excluding diaryl/α,β-unsaturated/α-hetero) is 1. The van der Waals surface area contributed by atoms with Gasteiger partial charge in [0.25, 0.3) is 0 Å². The highest BCUT2D eigenvalue weighted by Crippen LogP contribution is 2.31. The number of pyridine rings is 1. The summed E-state index contributed by atoms with van der Waals surface area (Å²) in [5, 5.41) is 0. The zero-order valence-corrected chi connectivity index (χ0v) is 12.5. The normalized spacial score (nSPS) is 22.8. The van der Waals surface area contributed by atoms with Crippen LogP contribution in [0.3, 0.4) is 0 Å². The van der Waals surface area contributed by atoms with Crippen LogP contribution in [0.4, 0.5) is 4.39 Å². The number of hydrogen-bond acceptors (Lipinski definition) is 2. The molecule has 0 amide bonds. The number of aryl methyl sites for hydroxylation is 1. The van der Waals surface area contributed by atoms with Gasteiger partial charge in [-0.05, 0) is 36.7 Å². The Kier molecular flexibility index (Phi) is 5.27. The van der Waals surface area contributed by atoms with E-state index in [4.69, 9.17) is 0 Å². The van der Waals surface area contributed by atoms with E-state index in [-0.39, 0.29) is 5.78 Å². The van der Waals surface area contributed by atoms with Gasteiger partial charge in [-0.1, -0.05) is 33.1 Å². The van der Waals surface area contributed by atoms with E-state index in [9.17, 15) is 9.18 Å². The van der Waals surface area contributed by atoms with Crippen LogP contribution in [0.15, 0.2) is 12.3 Å². The van der Waals surface area contributed by atoms with Gasteiger partial charge in [-0.25, -0.2) is 4.98 Å². The van der Waals surface area contributed by atoms with Crippen LogP contribution < -0.4 is 0 Å². The van der Waals surface area contributed by atoms with Crippen molar-refractivity contribution in [3.8, 4) is 0 Å². The smallest absolute Gasteiger partial charge is 0.213 e. The number of rotatable bonds is 5. The van der Waals surface area contributed by atoms with Gasteiger partial charge in [0.2, 0.25) is 5.95 Å². The molecule has 1 aliphatic rings. The van der Waals surface area contributed by atoms with Crippen molar-refractivity contribution in [3.05, 3.63) is 29.3 Å². The van der Waals surface area contributed by atoms with Crippen LogP contribution in [0.2, 0.25) is 0 Å². The molecule has 2 atom stereocenters. The van der Waals surface area contributed by atoms with Crippen LogP contribution in [0, 0.1) is 17.8 Å². The molecule has 0 N–H and O–H groups in total. The summed E-state index contributed by atoms with van der Waals surface area (Å²) < 4.78 is 13.2. The molecule has 1 aliphatic carbocycles. The maximum absolute atomic E-state index is 13.2. The van der Waals surface area contributed by atoms with Crippen LogP contribution in [-0.4, -0.2) is 10.8 Å². The SMILES string of the molecule is CCc1cnc(F)cc1C(=O)CCC1CCCC(C)C1. The van der Waals surface area contributed by atoms with E-state index in [2.05, 4.69) is 11.9 Å². The Morgan fingerprint density at radius 1 is 1.45 bits per heavy atom.